The van der Waals surface area contributed by atoms with Gasteiger partial charge in [0, 0.05) is 18.1 Å². The molecule has 1 aromatic carbocycles. The van der Waals surface area contributed by atoms with Crippen LogP contribution in [-0.2, 0) is 12.8 Å². The summed E-state index contributed by atoms with van der Waals surface area (Å²) < 4.78 is 5.78. The second-order valence-corrected chi connectivity index (χ2v) is 6.38. The Morgan fingerprint density at radius 2 is 2.15 bits per heavy atom. The van der Waals surface area contributed by atoms with Gasteiger partial charge in [-0.3, -0.25) is 0 Å². The number of benzene rings is 1. The molecule has 0 bridgehead atoms. The number of halogens is 1. The molecule has 0 aromatic heterocycles. The Morgan fingerprint density at radius 1 is 1.35 bits per heavy atom. The molecule has 3 heteroatoms. The lowest BCUT2D eigenvalue weighted by Gasteiger charge is -2.31. The summed E-state index contributed by atoms with van der Waals surface area (Å²) >= 11 is 6.23. The third kappa shape index (κ3) is 3.29. The van der Waals surface area contributed by atoms with Gasteiger partial charge in [0.1, 0.15) is 5.75 Å². The van der Waals surface area contributed by atoms with Crippen LogP contribution in [0.15, 0.2) is 12.1 Å². The van der Waals surface area contributed by atoms with Gasteiger partial charge in [-0.05, 0) is 47.9 Å². The van der Waals surface area contributed by atoms with E-state index in [2.05, 4.69) is 13.8 Å². The zero-order valence-electron chi connectivity index (χ0n) is 12.5. The van der Waals surface area contributed by atoms with Crippen LogP contribution in [-0.4, -0.2) is 18.3 Å². The molecule has 0 saturated heterocycles. The SMILES string of the molecule is CCCCC(CC)(CO)Cc1cc(Cl)cc2c1OCC2. The van der Waals surface area contributed by atoms with Crippen molar-refractivity contribution >= 4 is 11.6 Å². The van der Waals surface area contributed by atoms with Gasteiger partial charge in [0.15, 0.2) is 0 Å². The lowest BCUT2D eigenvalue weighted by Crippen LogP contribution is -2.27. The molecule has 0 spiro atoms. The van der Waals surface area contributed by atoms with E-state index < -0.39 is 0 Å². The number of aliphatic hydroxyl groups excluding tert-OH is 1. The van der Waals surface area contributed by atoms with Crippen molar-refractivity contribution in [2.45, 2.75) is 52.4 Å². The van der Waals surface area contributed by atoms with E-state index in [1.165, 1.54) is 5.56 Å². The summed E-state index contributed by atoms with van der Waals surface area (Å²) in [7, 11) is 0. The Balaban J connectivity index is 2.27. The molecule has 1 heterocycles. The molecular formula is C17H25ClO2. The molecule has 0 amide bonds. The normalized spacial score (nSPS) is 16.6. The van der Waals surface area contributed by atoms with Crippen molar-refractivity contribution in [3.8, 4) is 5.75 Å². The molecule has 1 atom stereocenters. The van der Waals surface area contributed by atoms with Crippen molar-refractivity contribution in [2.24, 2.45) is 5.41 Å². The number of hydrogen-bond donors (Lipinski definition) is 1. The Hall–Kier alpha value is -0.730. The van der Waals surface area contributed by atoms with Crippen LogP contribution in [0.2, 0.25) is 5.02 Å². The van der Waals surface area contributed by atoms with E-state index in [9.17, 15) is 5.11 Å². The summed E-state index contributed by atoms with van der Waals surface area (Å²) in [4.78, 5) is 0. The van der Waals surface area contributed by atoms with Crippen LogP contribution < -0.4 is 4.74 Å². The maximum Gasteiger partial charge on any atom is 0.125 e. The molecule has 1 aliphatic heterocycles. The molecule has 2 nitrogen and oxygen atoms in total. The number of aliphatic hydroxyl groups is 1. The Labute approximate surface area is 127 Å². The molecule has 0 saturated carbocycles. The maximum atomic E-state index is 9.91. The quantitative estimate of drug-likeness (QED) is 0.808. The van der Waals surface area contributed by atoms with E-state index >= 15 is 0 Å². The summed E-state index contributed by atoms with van der Waals surface area (Å²) in [6.45, 7) is 5.33. The summed E-state index contributed by atoms with van der Waals surface area (Å²) in [5, 5.41) is 10.7. The average Bonchev–Trinajstić information content (AvgIpc) is 2.91. The summed E-state index contributed by atoms with van der Waals surface area (Å²) in [6.07, 6.45) is 6.13. The van der Waals surface area contributed by atoms with Gasteiger partial charge in [0.25, 0.3) is 0 Å². The van der Waals surface area contributed by atoms with Crippen LogP contribution in [0, 0.1) is 5.41 Å². The molecule has 0 aliphatic carbocycles. The van der Waals surface area contributed by atoms with Crippen LogP contribution in [0.5, 0.6) is 5.75 Å². The van der Waals surface area contributed by atoms with Crippen molar-refractivity contribution in [3.63, 3.8) is 0 Å². The molecule has 1 aromatic rings. The maximum absolute atomic E-state index is 9.91. The minimum Gasteiger partial charge on any atom is -0.493 e. The Morgan fingerprint density at radius 3 is 2.80 bits per heavy atom. The van der Waals surface area contributed by atoms with Gasteiger partial charge in [0.2, 0.25) is 0 Å². The first-order valence-electron chi connectivity index (χ1n) is 7.69. The van der Waals surface area contributed by atoms with E-state index in [4.69, 9.17) is 16.3 Å². The molecule has 1 N–H and O–H groups in total. The largest absolute Gasteiger partial charge is 0.493 e. The van der Waals surface area contributed by atoms with E-state index in [1.54, 1.807) is 0 Å². The first-order chi connectivity index (χ1) is 9.64. The van der Waals surface area contributed by atoms with Crippen molar-refractivity contribution in [1.82, 2.24) is 0 Å². The highest BCUT2D eigenvalue weighted by Crippen LogP contribution is 2.39. The van der Waals surface area contributed by atoms with Gasteiger partial charge in [-0.1, -0.05) is 38.3 Å². The van der Waals surface area contributed by atoms with Gasteiger partial charge in [-0.25, -0.2) is 0 Å². The minimum atomic E-state index is -0.0413. The molecular weight excluding hydrogens is 272 g/mol. The highest BCUT2D eigenvalue weighted by Gasteiger charge is 2.30. The van der Waals surface area contributed by atoms with Crippen LogP contribution in [0.25, 0.3) is 0 Å². The van der Waals surface area contributed by atoms with Gasteiger partial charge in [0.05, 0.1) is 6.61 Å². The van der Waals surface area contributed by atoms with Crippen molar-refractivity contribution in [1.29, 1.82) is 0 Å². The predicted molar refractivity (Wildman–Crippen MR) is 83.7 cm³/mol. The summed E-state index contributed by atoms with van der Waals surface area (Å²) in [6, 6.07) is 4.02. The molecule has 20 heavy (non-hydrogen) atoms. The number of fused-ring (bicyclic) bond motifs is 1. The third-order valence-corrected chi connectivity index (χ3v) is 4.76. The number of ether oxygens (including phenoxy) is 1. The van der Waals surface area contributed by atoms with Crippen LogP contribution in [0.3, 0.4) is 0 Å². The fourth-order valence-electron chi connectivity index (χ4n) is 3.07. The second kappa shape index (κ2) is 6.82. The van der Waals surface area contributed by atoms with Gasteiger partial charge in [-0.15, -0.1) is 0 Å². The third-order valence-electron chi connectivity index (χ3n) is 4.54. The first kappa shape index (κ1) is 15.7. The lowest BCUT2D eigenvalue weighted by molar-refractivity contribution is 0.106. The summed E-state index contributed by atoms with van der Waals surface area (Å²) in [5.41, 5.74) is 2.34. The zero-order chi connectivity index (χ0) is 14.6. The lowest BCUT2D eigenvalue weighted by atomic mass is 9.75. The second-order valence-electron chi connectivity index (χ2n) is 5.94. The van der Waals surface area contributed by atoms with Crippen LogP contribution in [0.4, 0.5) is 0 Å². The zero-order valence-corrected chi connectivity index (χ0v) is 13.3. The molecule has 1 aliphatic rings. The first-order valence-corrected chi connectivity index (χ1v) is 8.07. The van der Waals surface area contributed by atoms with E-state index in [-0.39, 0.29) is 12.0 Å². The van der Waals surface area contributed by atoms with Crippen molar-refractivity contribution in [2.75, 3.05) is 13.2 Å². The standard InChI is InChI=1S/C17H25ClO2/c1-3-5-7-17(4-2,12-19)11-14-10-15(18)9-13-6-8-20-16(13)14/h9-10,19H,3-8,11-12H2,1-2H3. The highest BCUT2D eigenvalue weighted by atomic mass is 35.5. The predicted octanol–water partition coefficient (Wildman–Crippen LogP) is 4.40. The minimum absolute atomic E-state index is 0.0413. The smallest absolute Gasteiger partial charge is 0.125 e. The fraction of sp³-hybridized carbons (Fsp3) is 0.647. The van der Waals surface area contributed by atoms with Gasteiger partial charge < -0.3 is 9.84 Å². The Kier molecular flexibility index (Phi) is 5.34. The molecule has 0 fully saturated rings. The van der Waals surface area contributed by atoms with Crippen LogP contribution >= 0.6 is 11.6 Å². The number of hydrogen-bond acceptors (Lipinski definition) is 2. The van der Waals surface area contributed by atoms with Crippen molar-refractivity contribution < 1.29 is 9.84 Å². The fourth-order valence-corrected chi connectivity index (χ4v) is 3.33. The molecule has 1 unspecified atom stereocenters. The topological polar surface area (TPSA) is 29.5 Å². The monoisotopic (exact) mass is 296 g/mol. The molecule has 0 radical (unpaired) electrons. The number of unbranched alkanes of at least 4 members (excludes halogenated alkanes) is 1. The van der Waals surface area contributed by atoms with E-state index in [1.807, 2.05) is 12.1 Å². The number of rotatable bonds is 7. The summed E-state index contributed by atoms with van der Waals surface area (Å²) in [5.74, 6) is 1.01. The van der Waals surface area contributed by atoms with E-state index in [0.29, 0.717) is 0 Å². The van der Waals surface area contributed by atoms with Crippen molar-refractivity contribution in [3.05, 3.63) is 28.3 Å². The molecule has 112 valence electrons. The van der Waals surface area contributed by atoms with Gasteiger partial charge >= 0.3 is 0 Å². The van der Waals surface area contributed by atoms with Crippen LogP contribution in [0.1, 0.15) is 50.7 Å². The van der Waals surface area contributed by atoms with Gasteiger partial charge in [-0.2, -0.15) is 0 Å². The Bertz CT molecular complexity index is 453. The highest BCUT2D eigenvalue weighted by molar-refractivity contribution is 6.30. The average molecular weight is 297 g/mol. The van der Waals surface area contributed by atoms with E-state index in [0.717, 1.165) is 61.5 Å². The molecule has 2 rings (SSSR count).